The lowest BCUT2D eigenvalue weighted by atomic mass is 9.62. The Kier molecular flexibility index (Phi) is 2.40. The molecule has 0 saturated heterocycles. The van der Waals surface area contributed by atoms with Crippen LogP contribution in [-0.4, -0.2) is 6.04 Å². The van der Waals surface area contributed by atoms with Gasteiger partial charge in [-0.2, -0.15) is 0 Å². The Morgan fingerprint density at radius 3 is 2.67 bits per heavy atom. The summed E-state index contributed by atoms with van der Waals surface area (Å²) < 4.78 is 0. The number of hydrogen-bond donors (Lipinski definition) is 1. The van der Waals surface area contributed by atoms with Crippen molar-refractivity contribution in [1.82, 2.24) is 0 Å². The van der Waals surface area contributed by atoms with Gasteiger partial charge in [0.1, 0.15) is 0 Å². The molecule has 1 heteroatoms. The minimum absolute atomic E-state index is 0.246. The van der Waals surface area contributed by atoms with E-state index in [0.717, 1.165) is 12.3 Å². The summed E-state index contributed by atoms with van der Waals surface area (Å²) in [6, 6.07) is 13.9. The van der Waals surface area contributed by atoms with Crippen molar-refractivity contribution in [3.8, 4) is 0 Å². The van der Waals surface area contributed by atoms with E-state index in [1.807, 2.05) is 0 Å². The van der Waals surface area contributed by atoms with E-state index >= 15 is 0 Å². The van der Waals surface area contributed by atoms with Crippen LogP contribution in [0, 0.1) is 5.92 Å². The van der Waals surface area contributed by atoms with Crippen molar-refractivity contribution in [2.45, 2.75) is 44.1 Å². The number of hydrogen-bond acceptors (Lipinski definition) is 1. The average molecular weight is 275 g/mol. The zero-order chi connectivity index (χ0) is 14.0. The van der Waals surface area contributed by atoms with Crippen molar-refractivity contribution in [1.29, 1.82) is 0 Å². The van der Waals surface area contributed by atoms with E-state index in [9.17, 15) is 0 Å². The summed E-state index contributed by atoms with van der Waals surface area (Å²) in [5.41, 5.74) is 12.8. The number of nitrogens with two attached hydrogens (primary N) is 1. The van der Waals surface area contributed by atoms with E-state index in [4.69, 9.17) is 5.73 Å². The largest absolute Gasteiger partial charge is 0.324 e. The third-order valence-corrected chi connectivity index (χ3v) is 5.97. The molecular formula is C20H21N. The van der Waals surface area contributed by atoms with E-state index in [1.165, 1.54) is 47.6 Å². The van der Waals surface area contributed by atoms with Gasteiger partial charge in [-0.15, -0.1) is 0 Å². The summed E-state index contributed by atoms with van der Waals surface area (Å²) >= 11 is 0. The molecule has 1 saturated carbocycles. The first-order chi connectivity index (χ1) is 10.3. The topological polar surface area (TPSA) is 26.0 Å². The zero-order valence-corrected chi connectivity index (χ0v) is 12.3. The first kappa shape index (κ1) is 12.0. The van der Waals surface area contributed by atoms with Crippen LogP contribution in [0.5, 0.6) is 0 Å². The highest BCUT2D eigenvalue weighted by Crippen LogP contribution is 2.54. The van der Waals surface area contributed by atoms with Crippen LogP contribution in [0.2, 0.25) is 0 Å². The monoisotopic (exact) mass is 275 g/mol. The fourth-order valence-corrected chi connectivity index (χ4v) is 5.17. The number of allylic oxidation sites excluding steroid dienone is 1. The molecule has 0 radical (unpaired) electrons. The van der Waals surface area contributed by atoms with Crippen LogP contribution in [0.4, 0.5) is 0 Å². The van der Waals surface area contributed by atoms with Gasteiger partial charge in [-0.3, -0.25) is 0 Å². The van der Waals surface area contributed by atoms with Crippen LogP contribution < -0.4 is 5.73 Å². The second-order valence-corrected chi connectivity index (χ2v) is 6.98. The van der Waals surface area contributed by atoms with Crippen molar-refractivity contribution in [2.75, 3.05) is 0 Å². The van der Waals surface area contributed by atoms with Gasteiger partial charge < -0.3 is 5.73 Å². The summed E-state index contributed by atoms with van der Waals surface area (Å²) in [5.74, 6) is 1.44. The maximum atomic E-state index is 6.57. The molecule has 0 amide bonds. The van der Waals surface area contributed by atoms with Gasteiger partial charge in [0.05, 0.1) is 0 Å². The average Bonchev–Trinajstić information content (AvgIpc) is 2.53. The molecule has 0 heterocycles. The fraction of sp³-hybridized carbons (Fsp3) is 0.400. The molecule has 1 nitrogen and oxygen atoms in total. The van der Waals surface area contributed by atoms with Gasteiger partial charge in [-0.25, -0.2) is 0 Å². The molecule has 0 aliphatic heterocycles. The normalized spacial score (nSPS) is 30.4. The summed E-state index contributed by atoms with van der Waals surface area (Å²) in [7, 11) is 0. The fourth-order valence-electron chi connectivity index (χ4n) is 5.17. The molecule has 0 aromatic heterocycles. The first-order valence-electron chi connectivity index (χ1n) is 8.36. The molecule has 21 heavy (non-hydrogen) atoms. The molecule has 3 atom stereocenters. The number of fused-ring (bicyclic) bond motifs is 2. The van der Waals surface area contributed by atoms with Crippen LogP contribution in [0.1, 0.15) is 49.1 Å². The smallest absolute Gasteiger partial charge is 0.0301 e. The van der Waals surface area contributed by atoms with Crippen LogP contribution in [-0.2, 0) is 0 Å². The Labute approximate surface area is 125 Å². The third kappa shape index (κ3) is 1.50. The van der Waals surface area contributed by atoms with Crippen LogP contribution in [0.25, 0.3) is 16.3 Å². The van der Waals surface area contributed by atoms with E-state index < -0.39 is 0 Å². The van der Waals surface area contributed by atoms with E-state index in [1.54, 1.807) is 11.1 Å². The predicted molar refractivity (Wildman–Crippen MR) is 88.2 cm³/mol. The van der Waals surface area contributed by atoms with Gasteiger partial charge >= 0.3 is 0 Å². The molecule has 3 aliphatic rings. The van der Waals surface area contributed by atoms with Crippen molar-refractivity contribution < 1.29 is 0 Å². The van der Waals surface area contributed by atoms with Crippen LogP contribution >= 0.6 is 0 Å². The minimum Gasteiger partial charge on any atom is -0.324 e. The number of benzene rings is 2. The molecular weight excluding hydrogens is 254 g/mol. The molecule has 2 aromatic rings. The standard InChI is InChI=1S/C20H21N/c21-17-11-10-13-6-2-8-15-14-7-1-4-12-5-3-9-16(18(12)14)20(17)19(13)15/h1,3-5,7,9,13,15,17H,2,6,8,10-11,21H2. The zero-order valence-electron chi connectivity index (χ0n) is 12.3. The highest BCUT2D eigenvalue weighted by atomic mass is 14.7. The van der Waals surface area contributed by atoms with Gasteiger partial charge in [0.25, 0.3) is 0 Å². The highest BCUT2D eigenvalue weighted by molar-refractivity contribution is 6.01. The van der Waals surface area contributed by atoms with E-state index in [2.05, 4.69) is 36.4 Å². The first-order valence-corrected chi connectivity index (χ1v) is 8.36. The molecule has 0 bridgehead atoms. The maximum Gasteiger partial charge on any atom is 0.0301 e. The Hall–Kier alpha value is -1.60. The molecule has 1 fully saturated rings. The maximum absolute atomic E-state index is 6.57. The molecule has 3 aliphatic carbocycles. The van der Waals surface area contributed by atoms with Crippen molar-refractivity contribution >= 4 is 16.3 Å². The minimum atomic E-state index is 0.246. The lowest BCUT2D eigenvalue weighted by molar-refractivity contribution is 0.370. The molecule has 2 N–H and O–H groups in total. The molecule has 5 rings (SSSR count). The number of rotatable bonds is 0. The lowest BCUT2D eigenvalue weighted by Gasteiger charge is -2.44. The molecule has 106 valence electrons. The molecule has 2 aromatic carbocycles. The quantitative estimate of drug-likeness (QED) is 0.746. The highest BCUT2D eigenvalue weighted by Gasteiger charge is 2.39. The summed E-state index contributed by atoms with van der Waals surface area (Å²) in [6.07, 6.45) is 6.53. The van der Waals surface area contributed by atoms with E-state index in [0.29, 0.717) is 5.92 Å². The second-order valence-electron chi connectivity index (χ2n) is 6.98. The van der Waals surface area contributed by atoms with Gasteiger partial charge in [0, 0.05) is 12.0 Å². The van der Waals surface area contributed by atoms with Crippen molar-refractivity contribution in [3.63, 3.8) is 0 Å². The van der Waals surface area contributed by atoms with Crippen LogP contribution in [0.15, 0.2) is 42.0 Å². The van der Waals surface area contributed by atoms with Gasteiger partial charge in [-0.1, -0.05) is 48.4 Å². The van der Waals surface area contributed by atoms with Gasteiger partial charge in [0.15, 0.2) is 0 Å². The summed E-state index contributed by atoms with van der Waals surface area (Å²) in [5, 5.41) is 2.87. The van der Waals surface area contributed by atoms with Crippen molar-refractivity contribution in [3.05, 3.63) is 53.1 Å². The molecule has 0 spiro atoms. The summed E-state index contributed by atoms with van der Waals surface area (Å²) in [4.78, 5) is 0. The van der Waals surface area contributed by atoms with Gasteiger partial charge in [-0.05, 0) is 59.1 Å². The molecule has 3 unspecified atom stereocenters. The lowest BCUT2D eigenvalue weighted by Crippen LogP contribution is -2.35. The van der Waals surface area contributed by atoms with E-state index in [-0.39, 0.29) is 6.04 Å². The Morgan fingerprint density at radius 1 is 0.905 bits per heavy atom. The van der Waals surface area contributed by atoms with Crippen molar-refractivity contribution in [2.24, 2.45) is 11.7 Å². The Bertz CT molecular complexity index is 765. The second kappa shape index (κ2) is 4.20. The SMILES string of the molecule is NC1CCC2CCCC3C2=C1c1cccc2cccc3c12. The third-order valence-electron chi connectivity index (χ3n) is 5.97. The Morgan fingerprint density at radius 2 is 1.76 bits per heavy atom. The summed E-state index contributed by atoms with van der Waals surface area (Å²) in [6.45, 7) is 0. The van der Waals surface area contributed by atoms with Gasteiger partial charge in [0.2, 0.25) is 0 Å². The predicted octanol–water partition coefficient (Wildman–Crippen LogP) is 4.61. The van der Waals surface area contributed by atoms with Crippen LogP contribution in [0.3, 0.4) is 0 Å². The Balaban J connectivity index is 1.91.